The molecule has 0 aromatic heterocycles. The average Bonchev–Trinajstić information content (AvgIpc) is 2.85. The van der Waals surface area contributed by atoms with Crippen LogP contribution in [0.25, 0.3) is 0 Å². The van der Waals surface area contributed by atoms with Gasteiger partial charge in [0.15, 0.2) is 10.9 Å². The highest BCUT2D eigenvalue weighted by Crippen LogP contribution is 2.40. The lowest BCUT2D eigenvalue weighted by Crippen LogP contribution is -2.42. The van der Waals surface area contributed by atoms with E-state index in [-0.39, 0.29) is 26.9 Å². The summed E-state index contributed by atoms with van der Waals surface area (Å²) < 4.78 is 23.3. The van der Waals surface area contributed by atoms with Crippen LogP contribution >= 0.6 is 51.0 Å². The van der Waals surface area contributed by atoms with Crippen LogP contribution in [0.1, 0.15) is 5.56 Å². The average molecular weight is 498 g/mol. The van der Waals surface area contributed by atoms with Gasteiger partial charge in [-0.05, 0) is 24.3 Å². The van der Waals surface area contributed by atoms with Crippen LogP contribution < -0.4 is 0 Å². The van der Waals surface area contributed by atoms with Crippen LogP contribution in [0.15, 0.2) is 58.4 Å². The first-order valence-corrected chi connectivity index (χ1v) is 10.9. The van der Waals surface area contributed by atoms with Gasteiger partial charge < -0.3 is 10.0 Å². The van der Waals surface area contributed by atoms with E-state index in [0.29, 0.717) is 16.5 Å². The largest absolute Gasteiger partial charge is 0.366 e. The maximum Gasteiger partial charge on any atom is 0.262 e. The van der Waals surface area contributed by atoms with E-state index >= 15 is 0 Å². The minimum Gasteiger partial charge on any atom is -0.366 e. The fourth-order valence-corrected chi connectivity index (χ4v) is 5.15. The van der Waals surface area contributed by atoms with Gasteiger partial charge in [0.1, 0.15) is 4.90 Å². The summed E-state index contributed by atoms with van der Waals surface area (Å²) in [6.45, 7) is 0. The smallest absolute Gasteiger partial charge is 0.262 e. The van der Waals surface area contributed by atoms with Crippen LogP contribution in [0.2, 0.25) is 5.02 Å². The van der Waals surface area contributed by atoms with Crippen molar-refractivity contribution < 1.29 is 13.5 Å². The van der Waals surface area contributed by atoms with Crippen molar-refractivity contribution in [3.05, 3.63) is 59.1 Å². The molecule has 1 aliphatic rings. The number of benzene rings is 2. The monoisotopic (exact) mass is 496 g/mol. The SMILES string of the molecule is Br.CN1C(=Nc2ccccc2)SCC1(O)c1ccc(Cl)c(S(=O)(=O)Cl)c1. The third-order valence-corrected chi connectivity index (χ3v) is 6.86. The molecule has 0 amide bonds. The summed E-state index contributed by atoms with van der Waals surface area (Å²) in [6.07, 6.45) is 0. The summed E-state index contributed by atoms with van der Waals surface area (Å²) in [5, 5.41) is 11.7. The van der Waals surface area contributed by atoms with Gasteiger partial charge in [0.25, 0.3) is 9.05 Å². The molecule has 0 spiro atoms. The molecule has 140 valence electrons. The number of aliphatic imine (C=N–C) groups is 1. The highest BCUT2D eigenvalue weighted by molar-refractivity contribution is 8.93. The van der Waals surface area contributed by atoms with Crippen LogP contribution in [0.3, 0.4) is 0 Å². The zero-order chi connectivity index (χ0) is 18.2. The fraction of sp³-hybridized carbons (Fsp3) is 0.188. The molecule has 1 fully saturated rings. The van der Waals surface area contributed by atoms with Gasteiger partial charge in [-0.3, -0.25) is 0 Å². The first-order valence-electron chi connectivity index (χ1n) is 7.19. The van der Waals surface area contributed by atoms with Crippen molar-refractivity contribution in [3.63, 3.8) is 0 Å². The standard InChI is InChI=1S/C16H14Cl2N2O3S2.BrH/c1-20-15(19-12-5-3-2-4-6-12)24-10-16(20,21)11-7-8-13(17)14(9-11)25(18,22)23;/h2-9,21H,10H2,1H3;1H. The number of halogens is 3. The molecule has 0 bridgehead atoms. The Morgan fingerprint density at radius 2 is 1.88 bits per heavy atom. The number of nitrogens with zero attached hydrogens (tertiary/aromatic N) is 2. The molecule has 0 saturated carbocycles. The summed E-state index contributed by atoms with van der Waals surface area (Å²) in [4.78, 5) is 5.91. The van der Waals surface area contributed by atoms with E-state index < -0.39 is 14.8 Å². The Kier molecular flexibility index (Phi) is 6.69. The Bertz CT molecular complexity index is 942. The number of hydrogen-bond donors (Lipinski definition) is 1. The molecule has 1 atom stereocenters. The second-order valence-corrected chi connectivity index (χ2v) is 9.36. The fourth-order valence-electron chi connectivity index (χ4n) is 2.45. The Labute approximate surface area is 176 Å². The molecule has 2 aromatic rings. The lowest BCUT2D eigenvalue weighted by Gasteiger charge is -2.31. The molecule has 1 heterocycles. The van der Waals surface area contributed by atoms with E-state index in [1.165, 1.54) is 23.9 Å². The summed E-state index contributed by atoms with van der Waals surface area (Å²) in [6, 6.07) is 13.7. The summed E-state index contributed by atoms with van der Waals surface area (Å²) in [7, 11) is 3.11. The maximum absolute atomic E-state index is 11.7. The van der Waals surface area contributed by atoms with Crippen LogP contribution in [-0.4, -0.2) is 36.4 Å². The van der Waals surface area contributed by atoms with Gasteiger partial charge in [-0.25, -0.2) is 13.4 Å². The molecule has 0 radical (unpaired) electrons. The zero-order valence-corrected chi connectivity index (χ0v) is 18.3. The van der Waals surface area contributed by atoms with E-state index in [9.17, 15) is 13.5 Å². The first kappa shape index (κ1) is 21.5. The van der Waals surface area contributed by atoms with Crippen LogP contribution in [0.5, 0.6) is 0 Å². The van der Waals surface area contributed by atoms with Crippen molar-refractivity contribution in [1.82, 2.24) is 4.90 Å². The molecule has 1 saturated heterocycles. The number of aliphatic hydroxyl groups is 1. The first-order chi connectivity index (χ1) is 11.7. The Morgan fingerprint density at radius 3 is 2.50 bits per heavy atom. The number of rotatable bonds is 3. The molecule has 10 heteroatoms. The number of hydrogen-bond acceptors (Lipinski definition) is 5. The van der Waals surface area contributed by atoms with Crippen molar-refractivity contribution in [2.24, 2.45) is 4.99 Å². The zero-order valence-electron chi connectivity index (χ0n) is 13.5. The second kappa shape index (κ2) is 8.08. The number of para-hydroxylation sites is 1. The Morgan fingerprint density at radius 1 is 1.23 bits per heavy atom. The van der Waals surface area contributed by atoms with Crippen LogP contribution in [0, 0.1) is 0 Å². The quantitative estimate of drug-likeness (QED) is 0.638. The minimum absolute atomic E-state index is 0. The lowest BCUT2D eigenvalue weighted by atomic mass is 10.0. The van der Waals surface area contributed by atoms with Crippen molar-refractivity contribution in [2.45, 2.75) is 10.6 Å². The predicted molar refractivity (Wildman–Crippen MR) is 112 cm³/mol. The van der Waals surface area contributed by atoms with Crippen molar-refractivity contribution in [3.8, 4) is 0 Å². The minimum atomic E-state index is -4.02. The normalized spacial score (nSPS) is 21.7. The molecule has 1 aliphatic heterocycles. The van der Waals surface area contributed by atoms with Crippen molar-refractivity contribution in [2.75, 3.05) is 12.8 Å². The van der Waals surface area contributed by atoms with Crippen molar-refractivity contribution in [1.29, 1.82) is 0 Å². The van der Waals surface area contributed by atoms with Crippen LogP contribution in [0.4, 0.5) is 5.69 Å². The molecular weight excluding hydrogens is 483 g/mol. The molecule has 1 unspecified atom stereocenters. The van der Waals surface area contributed by atoms with Crippen molar-refractivity contribution >= 4 is 70.9 Å². The van der Waals surface area contributed by atoms with Gasteiger partial charge in [-0.15, -0.1) is 17.0 Å². The van der Waals surface area contributed by atoms with Gasteiger partial charge in [0, 0.05) is 23.3 Å². The molecule has 5 nitrogen and oxygen atoms in total. The van der Waals surface area contributed by atoms with Gasteiger partial charge >= 0.3 is 0 Å². The Balaban J connectivity index is 0.00000243. The lowest BCUT2D eigenvalue weighted by molar-refractivity contribution is -0.0349. The molecule has 0 aliphatic carbocycles. The van der Waals surface area contributed by atoms with E-state index in [1.54, 1.807) is 18.0 Å². The van der Waals surface area contributed by atoms with Gasteiger partial charge in [0.05, 0.1) is 16.5 Å². The molecular formula is C16H15BrCl2N2O3S2. The van der Waals surface area contributed by atoms with Gasteiger partial charge in [-0.2, -0.15) is 0 Å². The predicted octanol–water partition coefficient (Wildman–Crippen LogP) is 4.36. The van der Waals surface area contributed by atoms with E-state index in [4.69, 9.17) is 22.3 Å². The Hall–Kier alpha value is -0.770. The molecule has 1 N–H and O–H groups in total. The highest BCUT2D eigenvalue weighted by Gasteiger charge is 2.43. The number of amidine groups is 1. The molecule has 3 rings (SSSR count). The van der Waals surface area contributed by atoms with Gasteiger partial charge in [-0.1, -0.05) is 47.6 Å². The third-order valence-electron chi connectivity index (χ3n) is 3.88. The topological polar surface area (TPSA) is 70.0 Å². The van der Waals surface area contributed by atoms with E-state index in [1.807, 2.05) is 30.3 Å². The van der Waals surface area contributed by atoms with E-state index in [2.05, 4.69) is 4.99 Å². The van der Waals surface area contributed by atoms with E-state index in [0.717, 1.165) is 5.69 Å². The maximum atomic E-state index is 11.7. The summed E-state index contributed by atoms with van der Waals surface area (Å²) >= 11 is 7.29. The molecule has 26 heavy (non-hydrogen) atoms. The van der Waals surface area contributed by atoms with Gasteiger partial charge in [0.2, 0.25) is 0 Å². The second-order valence-electron chi connectivity index (χ2n) is 5.48. The van der Waals surface area contributed by atoms with Crippen LogP contribution in [-0.2, 0) is 14.8 Å². The number of thioether (sulfide) groups is 1. The third kappa shape index (κ3) is 4.21. The summed E-state index contributed by atoms with van der Waals surface area (Å²) in [5.74, 6) is 0.290. The highest BCUT2D eigenvalue weighted by atomic mass is 79.9. The molecule has 2 aromatic carbocycles. The summed E-state index contributed by atoms with van der Waals surface area (Å²) in [5.41, 5.74) is -0.273.